The number of rotatable bonds is 9. The summed E-state index contributed by atoms with van der Waals surface area (Å²) in [4.78, 5) is 27.6. The molecule has 3 aromatic rings. The van der Waals surface area contributed by atoms with Crippen LogP contribution in [0.15, 0.2) is 76.1 Å². The van der Waals surface area contributed by atoms with Crippen molar-refractivity contribution in [1.29, 1.82) is 0 Å². The molecule has 0 aliphatic carbocycles. The van der Waals surface area contributed by atoms with Crippen LogP contribution in [0.3, 0.4) is 0 Å². The van der Waals surface area contributed by atoms with Crippen molar-refractivity contribution >= 4 is 66.7 Å². The van der Waals surface area contributed by atoms with E-state index in [1.54, 1.807) is 25.1 Å². The first kappa shape index (κ1) is 29.0. The minimum Gasteiger partial charge on any atom is -0.357 e. The molecule has 37 heavy (non-hydrogen) atoms. The zero-order chi connectivity index (χ0) is 27.3. The van der Waals surface area contributed by atoms with E-state index in [2.05, 4.69) is 21.2 Å². The predicted molar refractivity (Wildman–Crippen MR) is 150 cm³/mol. The fraction of sp³-hybridized carbons (Fsp3) is 0.231. The Labute approximate surface area is 235 Å². The molecule has 196 valence electrons. The summed E-state index contributed by atoms with van der Waals surface area (Å²) in [5.74, 6) is -0.986. The third kappa shape index (κ3) is 6.84. The Hall–Kier alpha value is -2.59. The maximum atomic E-state index is 13.8. The molecule has 0 aromatic heterocycles. The smallest absolute Gasteiger partial charge is 0.264 e. The number of hydrogen-bond donors (Lipinski definition) is 1. The fourth-order valence-corrected chi connectivity index (χ4v) is 5.98. The van der Waals surface area contributed by atoms with Crippen molar-refractivity contribution in [3.63, 3.8) is 0 Å². The first-order chi connectivity index (χ1) is 17.4. The van der Waals surface area contributed by atoms with Crippen molar-refractivity contribution in [3.05, 3.63) is 92.4 Å². The second-order valence-corrected chi connectivity index (χ2v) is 11.9. The summed E-state index contributed by atoms with van der Waals surface area (Å²) >= 11 is 16.0. The van der Waals surface area contributed by atoms with Gasteiger partial charge in [-0.05, 0) is 55.8 Å². The van der Waals surface area contributed by atoms with Gasteiger partial charge >= 0.3 is 0 Å². The number of nitrogens with one attached hydrogen (secondary N) is 1. The lowest BCUT2D eigenvalue weighted by molar-refractivity contribution is -0.139. The summed E-state index contributed by atoms with van der Waals surface area (Å²) in [5.41, 5.74) is 1.69. The molecule has 0 saturated carbocycles. The van der Waals surface area contributed by atoms with E-state index in [1.807, 2.05) is 31.2 Å². The summed E-state index contributed by atoms with van der Waals surface area (Å²) < 4.78 is 29.3. The molecule has 0 radical (unpaired) electrons. The lowest BCUT2D eigenvalue weighted by Crippen LogP contribution is -2.50. The Morgan fingerprint density at radius 1 is 1.03 bits per heavy atom. The highest BCUT2D eigenvalue weighted by atomic mass is 79.9. The van der Waals surface area contributed by atoms with Crippen LogP contribution >= 0.6 is 39.1 Å². The van der Waals surface area contributed by atoms with Gasteiger partial charge in [0.05, 0.1) is 20.6 Å². The van der Waals surface area contributed by atoms with Crippen LogP contribution in [0.5, 0.6) is 0 Å². The Bertz CT molecular complexity index is 1400. The molecule has 0 bridgehead atoms. The quantitative estimate of drug-likeness (QED) is 0.344. The summed E-state index contributed by atoms with van der Waals surface area (Å²) in [6.07, 6.45) is 0. The van der Waals surface area contributed by atoms with Gasteiger partial charge in [-0.1, -0.05) is 75.0 Å². The van der Waals surface area contributed by atoms with Crippen molar-refractivity contribution in [2.24, 2.45) is 0 Å². The normalized spacial score (nSPS) is 12.1. The van der Waals surface area contributed by atoms with E-state index >= 15 is 0 Å². The minimum atomic E-state index is -4.24. The number of nitrogens with zero attached hydrogens (tertiary/aromatic N) is 2. The van der Waals surface area contributed by atoms with E-state index < -0.39 is 34.4 Å². The maximum Gasteiger partial charge on any atom is 0.264 e. The van der Waals surface area contributed by atoms with Crippen LogP contribution in [0.2, 0.25) is 10.0 Å². The number of anilines is 1. The van der Waals surface area contributed by atoms with Gasteiger partial charge in [0.2, 0.25) is 11.8 Å². The topological polar surface area (TPSA) is 86.8 Å². The van der Waals surface area contributed by atoms with Gasteiger partial charge in [0, 0.05) is 18.1 Å². The van der Waals surface area contributed by atoms with Crippen LogP contribution in [0.4, 0.5) is 5.69 Å². The number of likely N-dealkylation sites (N-methyl/N-ethyl adjacent to an activating group) is 1. The second-order valence-electron chi connectivity index (χ2n) is 8.34. The first-order valence-electron chi connectivity index (χ1n) is 11.2. The standard InChI is InChI=1S/C26H26BrCl2N3O4S/c1-17-10-12-21(13-11-17)37(35,36)32(23-9-5-8-22(28)25(23)29)16-24(33)31(18(2)26(34)30-3)15-19-6-4-7-20(27)14-19/h4-14,18H,15-16H2,1-3H3,(H,30,34)/t18-/m1/s1. The van der Waals surface area contributed by atoms with E-state index in [4.69, 9.17) is 23.2 Å². The number of carbonyl (C=O) groups excluding carboxylic acids is 2. The number of carbonyl (C=O) groups is 2. The summed E-state index contributed by atoms with van der Waals surface area (Å²) in [7, 11) is -2.76. The van der Waals surface area contributed by atoms with Gasteiger partial charge in [-0.25, -0.2) is 8.42 Å². The predicted octanol–water partition coefficient (Wildman–Crippen LogP) is 5.42. The van der Waals surface area contributed by atoms with Crippen molar-refractivity contribution < 1.29 is 18.0 Å². The van der Waals surface area contributed by atoms with E-state index in [1.165, 1.54) is 36.2 Å². The molecule has 3 aromatic carbocycles. The van der Waals surface area contributed by atoms with Crippen LogP contribution < -0.4 is 9.62 Å². The van der Waals surface area contributed by atoms with Crippen LogP contribution in [-0.4, -0.2) is 44.8 Å². The van der Waals surface area contributed by atoms with Crippen molar-refractivity contribution in [3.8, 4) is 0 Å². The first-order valence-corrected chi connectivity index (χ1v) is 14.2. The van der Waals surface area contributed by atoms with Crippen LogP contribution in [0.25, 0.3) is 0 Å². The molecular formula is C26H26BrCl2N3O4S. The summed E-state index contributed by atoms with van der Waals surface area (Å²) in [6, 6.07) is 17.2. The maximum absolute atomic E-state index is 13.8. The zero-order valence-electron chi connectivity index (χ0n) is 20.4. The van der Waals surface area contributed by atoms with E-state index in [9.17, 15) is 18.0 Å². The van der Waals surface area contributed by atoms with Gasteiger partial charge in [0.1, 0.15) is 12.6 Å². The van der Waals surface area contributed by atoms with E-state index in [-0.39, 0.29) is 27.2 Å². The monoisotopic (exact) mass is 625 g/mol. The second kappa shape index (κ2) is 12.3. The highest BCUT2D eigenvalue weighted by Gasteiger charge is 2.33. The molecule has 3 rings (SSSR count). The molecule has 1 atom stereocenters. The van der Waals surface area contributed by atoms with Crippen molar-refractivity contribution in [1.82, 2.24) is 10.2 Å². The molecule has 2 amide bonds. The number of benzene rings is 3. The minimum absolute atomic E-state index is 0.00876. The molecule has 0 saturated heterocycles. The van der Waals surface area contributed by atoms with Crippen LogP contribution in [0, 0.1) is 6.92 Å². The Morgan fingerprint density at radius 3 is 2.30 bits per heavy atom. The average Bonchev–Trinajstić information content (AvgIpc) is 2.87. The highest BCUT2D eigenvalue weighted by Crippen LogP contribution is 2.35. The Kier molecular flexibility index (Phi) is 9.63. The number of sulfonamides is 1. The third-order valence-corrected chi connectivity index (χ3v) is 8.82. The van der Waals surface area contributed by atoms with E-state index in [0.29, 0.717) is 0 Å². The Morgan fingerprint density at radius 2 is 1.68 bits per heavy atom. The van der Waals surface area contributed by atoms with Crippen molar-refractivity contribution in [2.45, 2.75) is 31.3 Å². The molecule has 0 spiro atoms. The largest absolute Gasteiger partial charge is 0.357 e. The zero-order valence-corrected chi connectivity index (χ0v) is 24.3. The number of hydrogen-bond acceptors (Lipinski definition) is 4. The molecular weight excluding hydrogens is 601 g/mol. The van der Waals surface area contributed by atoms with Gasteiger partial charge in [0.25, 0.3) is 10.0 Å². The van der Waals surface area contributed by atoms with Gasteiger partial charge in [-0.2, -0.15) is 0 Å². The van der Waals surface area contributed by atoms with Gasteiger partial charge in [-0.3, -0.25) is 13.9 Å². The number of aryl methyl sites for hydroxylation is 1. The van der Waals surface area contributed by atoms with Crippen LogP contribution in [-0.2, 0) is 26.2 Å². The van der Waals surface area contributed by atoms with Crippen molar-refractivity contribution in [2.75, 3.05) is 17.9 Å². The number of amides is 2. The molecule has 0 aliphatic rings. The number of halogens is 3. The lowest BCUT2D eigenvalue weighted by Gasteiger charge is -2.32. The lowest BCUT2D eigenvalue weighted by atomic mass is 10.1. The molecule has 0 heterocycles. The van der Waals surface area contributed by atoms with Gasteiger partial charge in [0.15, 0.2) is 0 Å². The van der Waals surface area contributed by atoms with Gasteiger partial charge in [-0.15, -0.1) is 0 Å². The average molecular weight is 627 g/mol. The Balaban J connectivity index is 2.08. The third-order valence-electron chi connectivity index (χ3n) is 5.74. The molecule has 11 heteroatoms. The molecule has 0 unspecified atom stereocenters. The summed E-state index contributed by atoms with van der Waals surface area (Å²) in [6.45, 7) is 2.89. The van der Waals surface area contributed by atoms with Gasteiger partial charge < -0.3 is 10.2 Å². The van der Waals surface area contributed by atoms with Crippen LogP contribution in [0.1, 0.15) is 18.1 Å². The molecule has 7 nitrogen and oxygen atoms in total. The molecule has 0 aliphatic heterocycles. The molecule has 0 fully saturated rings. The molecule has 1 N–H and O–H groups in total. The highest BCUT2D eigenvalue weighted by molar-refractivity contribution is 9.10. The summed E-state index contributed by atoms with van der Waals surface area (Å²) in [5, 5.41) is 2.68. The SMILES string of the molecule is CNC(=O)[C@@H](C)N(Cc1cccc(Br)c1)C(=O)CN(c1cccc(Cl)c1Cl)S(=O)(=O)c1ccc(C)cc1. The van der Waals surface area contributed by atoms with E-state index in [0.717, 1.165) is 19.9 Å². The fourth-order valence-electron chi connectivity index (χ4n) is 3.66.